The van der Waals surface area contributed by atoms with Crippen LogP contribution in [0.4, 0.5) is 0 Å². The van der Waals surface area contributed by atoms with Crippen LogP contribution in [0, 0.1) is 12.8 Å². The molecule has 1 aliphatic heterocycles. The predicted molar refractivity (Wildman–Crippen MR) is 91.3 cm³/mol. The van der Waals surface area contributed by atoms with Crippen LogP contribution in [-0.4, -0.2) is 36.7 Å². The van der Waals surface area contributed by atoms with E-state index in [1.54, 1.807) is 0 Å². The summed E-state index contributed by atoms with van der Waals surface area (Å²) in [5.74, 6) is 0.188. The van der Waals surface area contributed by atoms with Crippen molar-refractivity contribution in [2.75, 3.05) is 19.8 Å². The number of benzene rings is 1. The second kappa shape index (κ2) is 7.15. The van der Waals surface area contributed by atoms with Crippen LogP contribution in [0.5, 0.6) is 0 Å². The summed E-state index contributed by atoms with van der Waals surface area (Å²) in [4.78, 5) is 15.5. The Hall–Kier alpha value is -1.85. The van der Waals surface area contributed by atoms with Gasteiger partial charge in [-0.05, 0) is 49.3 Å². The van der Waals surface area contributed by atoms with E-state index in [1.807, 2.05) is 12.3 Å². The second-order valence-corrected chi connectivity index (χ2v) is 6.33. The van der Waals surface area contributed by atoms with E-state index in [0.717, 1.165) is 24.8 Å². The highest BCUT2D eigenvalue weighted by molar-refractivity contribution is 5.86. The van der Waals surface area contributed by atoms with Crippen molar-refractivity contribution in [3.63, 3.8) is 0 Å². The summed E-state index contributed by atoms with van der Waals surface area (Å²) in [5.41, 5.74) is 9.72. The van der Waals surface area contributed by atoms with Crippen molar-refractivity contribution in [3.05, 3.63) is 35.5 Å². The van der Waals surface area contributed by atoms with Crippen LogP contribution in [0.25, 0.3) is 10.9 Å². The number of carbonyl (C=O) groups excluding carboxylic acids is 1. The topological polar surface area (TPSA) is 80.1 Å². The van der Waals surface area contributed by atoms with Gasteiger partial charge in [0, 0.05) is 36.9 Å². The van der Waals surface area contributed by atoms with Crippen LogP contribution >= 0.6 is 0 Å². The summed E-state index contributed by atoms with van der Waals surface area (Å²) in [5, 5.41) is 4.24. The van der Waals surface area contributed by atoms with E-state index in [0.29, 0.717) is 19.8 Å². The second-order valence-electron chi connectivity index (χ2n) is 6.33. The Morgan fingerprint density at radius 2 is 2.22 bits per heavy atom. The van der Waals surface area contributed by atoms with Crippen LogP contribution in [0.3, 0.4) is 0 Å². The van der Waals surface area contributed by atoms with E-state index in [4.69, 9.17) is 10.5 Å². The first-order valence-electron chi connectivity index (χ1n) is 8.33. The maximum atomic E-state index is 12.2. The molecular weight excluding hydrogens is 290 g/mol. The average molecular weight is 315 g/mol. The van der Waals surface area contributed by atoms with Crippen LogP contribution in [0.15, 0.2) is 24.4 Å². The fraction of sp³-hybridized carbons (Fsp3) is 0.500. The Kier molecular flexibility index (Phi) is 4.98. The van der Waals surface area contributed by atoms with Gasteiger partial charge in [-0.3, -0.25) is 4.79 Å². The van der Waals surface area contributed by atoms with Crippen LogP contribution in [0.1, 0.15) is 24.0 Å². The van der Waals surface area contributed by atoms with Gasteiger partial charge in [-0.25, -0.2) is 0 Å². The summed E-state index contributed by atoms with van der Waals surface area (Å²) in [7, 11) is 0. The van der Waals surface area contributed by atoms with Crippen LogP contribution in [0.2, 0.25) is 0 Å². The lowest BCUT2D eigenvalue weighted by Crippen LogP contribution is -2.47. The van der Waals surface area contributed by atoms with E-state index in [-0.39, 0.29) is 11.8 Å². The molecule has 23 heavy (non-hydrogen) atoms. The third kappa shape index (κ3) is 3.57. The molecule has 1 aromatic heterocycles. The average Bonchev–Trinajstić information content (AvgIpc) is 2.99. The molecule has 2 aromatic rings. The van der Waals surface area contributed by atoms with Gasteiger partial charge in [0.05, 0.1) is 6.04 Å². The SMILES string of the molecule is Cc1cccc2[nH]cc(CCNC(=O)C(N)C3CCOCC3)c12. The van der Waals surface area contributed by atoms with Crippen LogP contribution in [-0.2, 0) is 16.0 Å². The number of nitrogens with two attached hydrogens (primary N) is 1. The molecule has 1 saturated heterocycles. The fourth-order valence-corrected chi connectivity index (χ4v) is 3.38. The quantitative estimate of drug-likeness (QED) is 0.788. The zero-order chi connectivity index (χ0) is 16.2. The first-order chi connectivity index (χ1) is 11.2. The lowest BCUT2D eigenvalue weighted by atomic mass is 9.92. The number of fused-ring (bicyclic) bond motifs is 1. The molecule has 0 bridgehead atoms. The number of amides is 1. The van der Waals surface area contributed by atoms with Crippen LogP contribution < -0.4 is 11.1 Å². The Morgan fingerprint density at radius 3 is 3.00 bits per heavy atom. The van der Waals surface area contributed by atoms with E-state index in [1.165, 1.54) is 16.5 Å². The first kappa shape index (κ1) is 16.0. The number of rotatable bonds is 5. The molecule has 0 radical (unpaired) electrons. The lowest BCUT2D eigenvalue weighted by molar-refractivity contribution is -0.124. The summed E-state index contributed by atoms with van der Waals surface area (Å²) in [6.07, 6.45) is 4.58. The number of ether oxygens (including phenoxy) is 1. The number of H-pyrrole nitrogens is 1. The van der Waals surface area contributed by atoms with E-state index >= 15 is 0 Å². The smallest absolute Gasteiger partial charge is 0.237 e. The summed E-state index contributed by atoms with van der Waals surface area (Å²) >= 11 is 0. The molecule has 124 valence electrons. The molecule has 4 N–H and O–H groups in total. The standard InChI is InChI=1S/C18H25N3O2/c1-12-3-2-4-15-16(12)14(11-21-15)5-8-20-18(22)17(19)13-6-9-23-10-7-13/h2-4,11,13,17,21H,5-10,19H2,1H3,(H,20,22). The van der Waals surface area contributed by atoms with Gasteiger partial charge < -0.3 is 20.8 Å². The molecular formula is C18H25N3O2. The van der Waals surface area contributed by atoms with Crippen molar-refractivity contribution in [1.29, 1.82) is 0 Å². The Bertz CT molecular complexity index is 674. The molecule has 0 aliphatic carbocycles. The van der Waals surface area contributed by atoms with Gasteiger partial charge in [-0.2, -0.15) is 0 Å². The minimum atomic E-state index is -0.427. The molecule has 0 saturated carbocycles. The van der Waals surface area contributed by atoms with E-state index in [2.05, 4.69) is 29.4 Å². The summed E-state index contributed by atoms with van der Waals surface area (Å²) < 4.78 is 5.32. The molecule has 1 aliphatic rings. The number of carbonyl (C=O) groups is 1. The van der Waals surface area contributed by atoms with Gasteiger partial charge in [0.25, 0.3) is 0 Å². The minimum Gasteiger partial charge on any atom is -0.381 e. The Labute approximate surface area is 136 Å². The zero-order valence-electron chi connectivity index (χ0n) is 13.6. The van der Waals surface area contributed by atoms with Crippen molar-refractivity contribution < 1.29 is 9.53 Å². The molecule has 1 fully saturated rings. The highest BCUT2D eigenvalue weighted by Gasteiger charge is 2.26. The number of aromatic amines is 1. The third-order valence-electron chi connectivity index (χ3n) is 4.77. The van der Waals surface area contributed by atoms with Crippen molar-refractivity contribution >= 4 is 16.8 Å². The van der Waals surface area contributed by atoms with Crippen molar-refractivity contribution in [1.82, 2.24) is 10.3 Å². The van der Waals surface area contributed by atoms with Gasteiger partial charge in [0.15, 0.2) is 0 Å². The third-order valence-corrected chi connectivity index (χ3v) is 4.77. The molecule has 1 unspecified atom stereocenters. The Morgan fingerprint density at radius 1 is 1.43 bits per heavy atom. The largest absolute Gasteiger partial charge is 0.381 e. The fourth-order valence-electron chi connectivity index (χ4n) is 3.38. The first-order valence-corrected chi connectivity index (χ1v) is 8.33. The maximum absolute atomic E-state index is 12.2. The van der Waals surface area contributed by atoms with E-state index < -0.39 is 6.04 Å². The monoisotopic (exact) mass is 315 g/mol. The molecule has 2 heterocycles. The van der Waals surface area contributed by atoms with Gasteiger partial charge in [-0.15, -0.1) is 0 Å². The number of hydrogen-bond donors (Lipinski definition) is 3. The molecule has 1 aromatic carbocycles. The van der Waals surface area contributed by atoms with Crippen molar-refractivity contribution in [2.45, 2.75) is 32.2 Å². The summed E-state index contributed by atoms with van der Waals surface area (Å²) in [6, 6.07) is 5.81. The maximum Gasteiger partial charge on any atom is 0.237 e. The highest BCUT2D eigenvalue weighted by Crippen LogP contribution is 2.22. The number of hydrogen-bond acceptors (Lipinski definition) is 3. The number of aryl methyl sites for hydroxylation is 1. The van der Waals surface area contributed by atoms with Gasteiger partial charge in [0.2, 0.25) is 5.91 Å². The van der Waals surface area contributed by atoms with Crippen molar-refractivity contribution in [2.24, 2.45) is 11.7 Å². The molecule has 0 spiro atoms. The van der Waals surface area contributed by atoms with Gasteiger partial charge in [0.1, 0.15) is 0 Å². The number of aromatic nitrogens is 1. The molecule has 5 nitrogen and oxygen atoms in total. The van der Waals surface area contributed by atoms with Gasteiger partial charge >= 0.3 is 0 Å². The minimum absolute atomic E-state index is 0.0477. The molecule has 1 amide bonds. The zero-order valence-corrected chi connectivity index (χ0v) is 13.6. The summed E-state index contributed by atoms with van der Waals surface area (Å²) in [6.45, 7) is 4.14. The molecule has 1 atom stereocenters. The van der Waals surface area contributed by atoms with E-state index in [9.17, 15) is 4.79 Å². The highest BCUT2D eigenvalue weighted by atomic mass is 16.5. The van der Waals surface area contributed by atoms with Crippen molar-refractivity contribution in [3.8, 4) is 0 Å². The Balaban J connectivity index is 1.55. The molecule has 5 heteroatoms. The van der Waals surface area contributed by atoms with Gasteiger partial charge in [-0.1, -0.05) is 12.1 Å². The normalized spacial score (nSPS) is 17.3. The lowest BCUT2D eigenvalue weighted by Gasteiger charge is -2.26. The predicted octanol–water partition coefficient (Wildman–Crippen LogP) is 1.89. The number of nitrogens with one attached hydrogen (secondary N) is 2. The molecule has 3 rings (SSSR count).